The predicted molar refractivity (Wildman–Crippen MR) is 114 cm³/mol. The number of aromatic amines is 1. The maximum absolute atomic E-state index is 12.9. The van der Waals surface area contributed by atoms with Crippen molar-refractivity contribution in [2.45, 2.75) is 19.4 Å². The van der Waals surface area contributed by atoms with Gasteiger partial charge in [-0.05, 0) is 36.6 Å². The largest absolute Gasteiger partial charge is 0.353 e. The molecule has 2 amide bonds. The summed E-state index contributed by atoms with van der Waals surface area (Å²) in [6.45, 7) is 0.869. The van der Waals surface area contributed by atoms with Crippen molar-refractivity contribution in [2.75, 3.05) is 0 Å². The molecule has 0 radical (unpaired) electrons. The van der Waals surface area contributed by atoms with Crippen molar-refractivity contribution in [1.82, 2.24) is 14.9 Å². The Bertz CT molecular complexity index is 1610. The van der Waals surface area contributed by atoms with E-state index in [2.05, 4.69) is 14.9 Å². The van der Waals surface area contributed by atoms with Gasteiger partial charge in [0.2, 0.25) is 0 Å². The molecule has 0 unspecified atom stereocenters. The first-order valence-electron chi connectivity index (χ1n) is 9.70. The summed E-state index contributed by atoms with van der Waals surface area (Å²) < 4.78 is 2.30. The van der Waals surface area contributed by atoms with Gasteiger partial charge in [0.25, 0.3) is 11.8 Å². The molecule has 140 valence electrons. The standard InChI is InChI=1S/C23H14ClN3O2/c24-11-8-10-4-3-7-27-20(10)13(9-11)16-18-17(22(28)26-23(18)29)15-12-5-1-2-6-14(12)25-19(15)21(16)27/h1-2,5-6,8-9,25H,3-4,7H2,(H,26,28,29). The number of aromatic nitrogens is 2. The number of H-pyrrole nitrogens is 1. The fourth-order valence-electron chi connectivity index (χ4n) is 5.41. The maximum Gasteiger partial charge on any atom is 0.259 e. The molecule has 5 nitrogen and oxygen atoms in total. The summed E-state index contributed by atoms with van der Waals surface area (Å²) in [6.07, 6.45) is 1.96. The van der Waals surface area contributed by atoms with E-state index in [1.165, 1.54) is 5.56 Å². The molecule has 2 aromatic heterocycles. The molecule has 2 aliphatic heterocycles. The Balaban J connectivity index is 1.89. The van der Waals surface area contributed by atoms with Gasteiger partial charge in [-0.15, -0.1) is 0 Å². The van der Waals surface area contributed by atoms with E-state index in [0.717, 1.165) is 63.0 Å². The van der Waals surface area contributed by atoms with Gasteiger partial charge in [-0.3, -0.25) is 14.9 Å². The molecule has 29 heavy (non-hydrogen) atoms. The van der Waals surface area contributed by atoms with Crippen LogP contribution in [-0.2, 0) is 13.0 Å². The van der Waals surface area contributed by atoms with Gasteiger partial charge < -0.3 is 9.55 Å². The number of para-hydroxylation sites is 1. The third kappa shape index (κ3) is 1.73. The number of carbonyl (C=O) groups is 2. The van der Waals surface area contributed by atoms with Gasteiger partial charge in [0.05, 0.1) is 27.7 Å². The lowest BCUT2D eigenvalue weighted by Crippen LogP contribution is -2.20. The zero-order valence-electron chi connectivity index (χ0n) is 15.2. The molecule has 0 atom stereocenters. The molecule has 0 spiro atoms. The summed E-state index contributed by atoms with van der Waals surface area (Å²) in [5.41, 5.74) is 6.10. The van der Waals surface area contributed by atoms with Crippen molar-refractivity contribution in [3.8, 4) is 0 Å². The monoisotopic (exact) mass is 399 g/mol. The summed E-state index contributed by atoms with van der Waals surface area (Å²) in [5, 5.41) is 6.73. The summed E-state index contributed by atoms with van der Waals surface area (Å²) in [4.78, 5) is 29.3. The van der Waals surface area contributed by atoms with E-state index in [-0.39, 0.29) is 11.8 Å². The minimum absolute atomic E-state index is 0.331. The van der Waals surface area contributed by atoms with Crippen LogP contribution in [0.5, 0.6) is 0 Å². The van der Waals surface area contributed by atoms with E-state index in [9.17, 15) is 9.59 Å². The average molecular weight is 400 g/mol. The number of rotatable bonds is 0. The fraction of sp³-hybridized carbons (Fsp3) is 0.130. The average Bonchev–Trinajstić information content (AvgIpc) is 3.33. The Morgan fingerprint density at radius 3 is 2.59 bits per heavy atom. The number of fused-ring (bicyclic) bond motifs is 10. The van der Waals surface area contributed by atoms with Crippen LogP contribution in [0.15, 0.2) is 36.4 Å². The number of halogens is 1. The number of nitrogens with one attached hydrogen (secondary N) is 2. The molecular weight excluding hydrogens is 386 g/mol. The van der Waals surface area contributed by atoms with Crippen LogP contribution in [0.4, 0.5) is 0 Å². The quantitative estimate of drug-likeness (QED) is 0.363. The molecule has 5 aromatic rings. The molecule has 2 aliphatic rings. The number of hydrogen-bond acceptors (Lipinski definition) is 2. The van der Waals surface area contributed by atoms with Gasteiger partial charge in [-0.25, -0.2) is 0 Å². The van der Waals surface area contributed by atoms with Crippen LogP contribution >= 0.6 is 11.6 Å². The lowest BCUT2D eigenvalue weighted by Gasteiger charge is -2.16. The normalized spacial score (nSPS) is 15.8. The number of benzene rings is 3. The SMILES string of the molecule is O=C1NC(=O)c2c1c1c3ccccc3[nH]c1c1c2c2cc(Cl)cc3c2n1CCC3. The first-order chi connectivity index (χ1) is 14.1. The highest BCUT2D eigenvalue weighted by molar-refractivity contribution is 6.40. The van der Waals surface area contributed by atoms with Crippen LogP contribution in [0.2, 0.25) is 5.02 Å². The van der Waals surface area contributed by atoms with Crippen molar-refractivity contribution in [1.29, 1.82) is 0 Å². The number of amides is 2. The van der Waals surface area contributed by atoms with Crippen LogP contribution in [-0.4, -0.2) is 21.4 Å². The van der Waals surface area contributed by atoms with Crippen LogP contribution in [0.1, 0.15) is 32.7 Å². The van der Waals surface area contributed by atoms with Crippen molar-refractivity contribution >= 4 is 67.0 Å². The van der Waals surface area contributed by atoms with Gasteiger partial charge in [0, 0.05) is 38.6 Å². The molecule has 3 aromatic carbocycles. The first kappa shape index (κ1) is 15.6. The zero-order chi connectivity index (χ0) is 19.4. The molecule has 0 saturated heterocycles. The van der Waals surface area contributed by atoms with E-state index in [0.29, 0.717) is 16.1 Å². The minimum Gasteiger partial charge on any atom is -0.353 e. The van der Waals surface area contributed by atoms with E-state index < -0.39 is 0 Å². The van der Waals surface area contributed by atoms with Crippen LogP contribution in [0.3, 0.4) is 0 Å². The topological polar surface area (TPSA) is 66.9 Å². The van der Waals surface area contributed by atoms with Gasteiger partial charge in [-0.1, -0.05) is 29.8 Å². The Hall–Kier alpha value is -3.31. The fourth-order valence-corrected chi connectivity index (χ4v) is 5.65. The Labute approximate surface area is 169 Å². The van der Waals surface area contributed by atoms with E-state index in [1.807, 2.05) is 36.4 Å². The summed E-state index contributed by atoms with van der Waals surface area (Å²) in [5.74, 6) is -0.665. The molecule has 0 saturated carbocycles. The summed E-state index contributed by atoms with van der Waals surface area (Å²) >= 11 is 6.45. The molecule has 0 bridgehead atoms. The highest BCUT2D eigenvalue weighted by Gasteiger charge is 2.36. The van der Waals surface area contributed by atoms with Gasteiger partial charge in [0.15, 0.2) is 0 Å². The highest BCUT2D eigenvalue weighted by atomic mass is 35.5. The van der Waals surface area contributed by atoms with E-state index in [1.54, 1.807) is 0 Å². The molecular formula is C23H14ClN3O2. The van der Waals surface area contributed by atoms with Gasteiger partial charge >= 0.3 is 0 Å². The molecule has 6 heteroatoms. The lowest BCUT2D eigenvalue weighted by molar-refractivity contribution is 0.0880. The smallest absolute Gasteiger partial charge is 0.259 e. The summed E-state index contributed by atoms with van der Waals surface area (Å²) in [6, 6.07) is 11.9. The summed E-state index contributed by atoms with van der Waals surface area (Å²) in [7, 11) is 0. The van der Waals surface area contributed by atoms with Crippen LogP contribution < -0.4 is 5.32 Å². The second-order valence-electron chi connectivity index (χ2n) is 7.89. The molecule has 7 rings (SSSR count). The Morgan fingerprint density at radius 2 is 1.72 bits per heavy atom. The molecule has 0 aliphatic carbocycles. The molecule has 2 N–H and O–H groups in total. The van der Waals surface area contributed by atoms with Crippen molar-refractivity contribution in [2.24, 2.45) is 0 Å². The number of carbonyl (C=O) groups excluding carboxylic acids is 2. The minimum atomic E-state index is -0.334. The predicted octanol–water partition coefficient (Wildman–Crippen LogP) is 4.91. The van der Waals surface area contributed by atoms with Crippen molar-refractivity contribution in [3.63, 3.8) is 0 Å². The third-order valence-electron chi connectivity index (χ3n) is 6.40. The van der Waals surface area contributed by atoms with Gasteiger partial charge in [0.1, 0.15) is 0 Å². The van der Waals surface area contributed by atoms with Crippen LogP contribution in [0.25, 0.3) is 43.6 Å². The highest BCUT2D eigenvalue weighted by Crippen LogP contribution is 2.45. The second-order valence-corrected chi connectivity index (χ2v) is 8.33. The Kier molecular flexibility index (Phi) is 2.68. The van der Waals surface area contributed by atoms with Crippen molar-refractivity contribution < 1.29 is 9.59 Å². The number of aryl methyl sites for hydroxylation is 2. The van der Waals surface area contributed by atoms with Crippen molar-refractivity contribution in [3.05, 3.63) is 58.1 Å². The van der Waals surface area contributed by atoms with E-state index >= 15 is 0 Å². The first-order valence-corrected chi connectivity index (χ1v) is 10.1. The number of imide groups is 1. The second kappa shape index (κ2) is 4.99. The molecule has 0 fully saturated rings. The Morgan fingerprint density at radius 1 is 0.931 bits per heavy atom. The molecule has 4 heterocycles. The zero-order valence-corrected chi connectivity index (χ0v) is 16.0. The third-order valence-corrected chi connectivity index (χ3v) is 6.62. The number of nitrogens with zero attached hydrogens (tertiary/aromatic N) is 1. The van der Waals surface area contributed by atoms with Gasteiger partial charge in [-0.2, -0.15) is 0 Å². The van der Waals surface area contributed by atoms with E-state index in [4.69, 9.17) is 11.6 Å². The van der Waals surface area contributed by atoms with Crippen LogP contribution in [0, 0.1) is 0 Å². The maximum atomic E-state index is 12.9. The number of hydrogen-bond donors (Lipinski definition) is 2. The lowest BCUT2D eigenvalue weighted by atomic mass is 9.96.